The van der Waals surface area contributed by atoms with E-state index in [1.54, 1.807) is 12.1 Å². The summed E-state index contributed by atoms with van der Waals surface area (Å²) in [6.45, 7) is 7.06. The molecule has 0 radical (unpaired) electrons. The van der Waals surface area contributed by atoms with E-state index in [0.717, 1.165) is 17.9 Å². The number of carbonyl (C=O) groups is 1. The number of aryl methyl sites for hydroxylation is 1. The molecule has 0 fully saturated rings. The molecule has 0 heterocycles. The number of anilines is 1. The largest absolute Gasteiger partial charge is 0.494 e. The van der Waals surface area contributed by atoms with Gasteiger partial charge in [-0.2, -0.15) is 0 Å². The first-order chi connectivity index (χ1) is 10.5. The van der Waals surface area contributed by atoms with Crippen LogP contribution in [0.15, 0.2) is 48.5 Å². The molecule has 0 saturated heterocycles. The number of hydrogen-bond donors (Lipinski definition) is 1. The number of amides is 1. The normalized spacial score (nSPS) is 10.5. The lowest BCUT2D eigenvalue weighted by Gasteiger charge is -2.09. The molecule has 2 aromatic rings. The van der Waals surface area contributed by atoms with Crippen molar-refractivity contribution in [3.05, 3.63) is 59.7 Å². The fraction of sp³-hybridized carbons (Fsp3) is 0.316. The molecule has 116 valence electrons. The van der Waals surface area contributed by atoms with Crippen LogP contribution in [0.1, 0.15) is 36.2 Å². The maximum absolute atomic E-state index is 12.2. The van der Waals surface area contributed by atoms with Crippen LogP contribution in [0.5, 0.6) is 5.75 Å². The third-order valence-corrected chi connectivity index (χ3v) is 3.39. The molecular weight excluding hydrogens is 274 g/mol. The Bertz CT molecular complexity index is 600. The molecule has 22 heavy (non-hydrogen) atoms. The van der Waals surface area contributed by atoms with Gasteiger partial charge in [0, 0.05) is 11.3 Å². The highest BCUT2D eigenvalue weighted by atomic mass is 16.5. The maximum atomic E-state index is 12.2. The minimum Gasteiger partial charge on any atom is -0.494 e. The van der Waals surface area contributed by atoms with Gasteiger partial charge in [-0.25, -0.2) is 0 Å². The fourth-order valence-corrected chi connectivity index (χ4v) is 1.96. The summed E-state index contributed by atoms with van der Waals surface area (Å²) in [4.78, 5) is 12.2. The van der Waals surface area contributed by atoms with Crippen LogP contribution < -0.4 is 10.1 Å². The first-order valence-electron chi connectivity index (χ1n) is 7.65. The van der Waals surface area contributed by atoms with Crippen LogP contribution in [-0.4, -0.2) is 12.5 Å². The summed E-state index contributed by atoms with van der Waals surface area (Å²) in [5.41, 5.74) is 2.59. The zero-order valence-electron chi connectivity index (χ0n) is 13.4. The Kier molecular flexibility index (Phi) is 5.59. The summed E-state index contributed by atoms with van der Waals surface area (Å²) in [6.07, 6.45) is 1.02. The van der Waals surface area contributed by atoms with Crippen molar-refractivity contribution in [1.29, 1.82) is 0 Å². The van der Waals surface area contributed by atoms with Gasteiger partial charge in [0.05, 0.1) is 6.61 Å². The third-order valence-electron chi connectivity index (χ3n) is 3.39. The van der Waals surface area contributed by atoms with Crippen molar-refractivity contribution >= 4 is 11.6 Å². The van der Waals surface area contributed by atoms with Crippen molar-refractivity contribution in [3.8, 4) is 5.75 Å². The predicted octanol–water partition coefficient (Wildman–Crippen LogP) is 4.67. The molecule has 2 rings (SSSR count). The van der Waals surface area contributed by atoms with Crippen LogP contribution in [0.3, 0.4) is 0 Å². The Hall–Kier alpha value is -2.29. The van der Waals surface area contributed by atoms with E-state index in [9.17, 15) is 4.79 Å². The van der Waals surface area contributed by atoms with Crippen LogP contribution in [0.25, 0.3) is 0 Å². The lowest BCUT2D eigenvalue weighted by atomic mass is 10.1. The lowest BCUT2D eigenvalue weighted by Crippen LogP contribution is -2.11. The summed E-state index contributed by atoms with van der Waals surface area (Å²) in [5, 5.41) is 2.88. The number of rotatable bonds is 6. The zero-order valence-corrected chi connectivity index (χ0v) is 13.4. The summed E-state index contributed by atoms with van der Waals surface area (Å²) in [6, 6.07) is 15.0. The third kappa shape index (κ3) is 4.92. The van der Waals surface area contributed by atoms with E-state index >= 15 is 0 Å². The van der Waals surface area contributed by atoms with Gasteiger partial charge in [-0.3, -0.25) is 4.79 Å². The van der Waals surface area contributed by atoms with Crippen LogP contribution >= 0.6 is 0 Å². The number of ether oxygens (including phenoxy) is 1. The number of carbonyl (C=O) groups excluding carboxylic acids is 1. The van der Waals surface area contributed by atoms with Crippen LogP contribution in [-0.2, 0) is 0 Å². The van der Waals surface area contributed by atoms with Crippen LogP contribution in [0.2, 0.25) is 0 Å². The van der Waals surface area contributed by atoms with E-state index in [0.29, 0.717) is 18.1 Å². The number of benzene rings is 2. The van der Waals surface area contributed by atoms with E-state index in [-0.39, 0.29) is 5.91 Å². The number of nitrogens with one attached hydrogen (secondary N) is 1. The lowest BCUT2D eigenvalue weighted by molar-refractivity contribution is 0.102. The maximum Gasteiger partial charge on any atom is 0.255 e. The molecule has 3 heteroatoms. The average Bonchev–Trinajstić information content (AvgIpc) is 2.50. The topological polar surface area (TPSA) is 38.3 Å². The van der Waals surface area contributed by atoms with Crippen molar-refractivity contribution in [2.45, 2.75) is 27.2 Å². The van der Waals surface area contributed by atoms with Gasteiger partial charge >= 0.3 is 0 Å². The monoisotopic (exact) mass is 297 g/mol. The molecule has 0 aliphatic heterocycles. The predicted molar refractivity (Wildman–Crippen MR) is 90.5 cm³/mol. The minimum atomic E-state index is -0.113. The van der Waals surface area contributed by atoms with Gasteiger partial charge in [-0.15, -0.1) is 0 Å². The van der Waals surface area contributed by atoms with Gasteiger partial charge in [-0.05, 0) is 55.7 Å². The second kappa shape index (κ2) is 7.64. The molecule has 0 aromatic heterocycles. The quantitative estimate of drug-likeness (QED) is 0.841. The molecule has 0 spiro atoms. The highest BCUT2D eigenvalue weighted by Gasteiger charge is 2.06. The molecule has 1 amide bonds. The van der Waals surface area contributed by atoms with Crippen LogP contribution in [0, 0.1) is 12.8 Å². The molecule has 2 aromatic carbocycles. The Morgan fingerprint density at radius 2 is 1.68 bits per heavy atom. The van der Waals surface area contributed by atoms with Gasteiger partial charge in [0.25, 0.3) is 5.91 Å². The number of hydrogen-bond acceptors (Lipinski definition) is 2. The van der Waals surface area contributed by atoms with E-state index in [4.69, 9.17) is 4.74 Å². The van der Waals surface area contributed by atoms with Gasteiger partial charge in [0.1, 0.15) is 5.75 Å². The molecule has 0 atom stereocenters. The first-order valence-corrected chi connectivity index (χ1v) is 7.65. The summed E-state index contributed by atoms with van der Waals surface area (Å²) in [5.74, 6) is 1.31. The second-order valence-corrected chi connectivity index (χ2v) is 5.88. The second-order valence-electron chi connectivity index (χ2n) is 5.88. The Morgan fingerprint density at radius 3 is 2.27 bits per heavy atom. The fourth-order valence-electron chi connectivity index (χ4n) is 1.96. The summed E-state index contributed by atoms with van der Waals surface area (Å²) < 4.78 is 5.65. The standard InChI is InChI=1S/C19H23NO2/c1-14(2)12-13-22-18-10-6-16(7-11-18)19(21)20-17-8-4-15(3)5-9-17/h4-11,14H,12-13H2,1-3H3,(H,20,21). The van der Waals surface area contributed by atoms with Gasteiger partial charge < -0.3 is 10.1 Å². The molecular formula is C19H23NO2. The smallest absolute Gasteiger partial charge is 0.255 e. The molecule has 3 nitrogen and oxygen atoms in total. The van der Waals surface area contributed by atoms with Crippen molar-refractivity contribution in [3.63, 3.8) is 0 Å². The van der Waals surface area contributed by atoms with Crippen molar-refractivity contribution in [2.24, 2.45) is 5.92 Å². The van der Waals surface area contributed by atoms with Gasteiger partial charge in [0.15, 0.2) is 0 Å². The Labute approximate surface area is 132 Å². The van der Waals surface area contributed by atoms with E-state index in [2.05, 4.69) is 19.2 Å². The van der Waals surface area contributed by atoms with E-state index in [1.807, 2.05) is 43.3 Å². The Balaban J connectivity index is 1.91. The van der Waals surface area contributed by atoms with E-state index in [1.165, 1.54) is 5.56 Å². The van der Waals surface area contributed by atoms with Crippen LogP contribution in [0.4, 0.5) is 5.69 Å². The zero-order chi connectivity index (χ0) is 15.9. The van der Waals surface area contributed by atoms with E-state index < -0.39 is 0 Å². The summed E-state index contributed by atoms with van der Waals surface area (Å²) in [7, 11) is 0. The van der Waals surface area contributed by atoms with Gasteiger partial charge in [0.2, 0.25) is 0 Å². The molecule has 0 aliphatic rings. The molecule has 0 aliphatic carbocycles. The van der Waals surface area contributed by atoms with Gasteiger partial charge in [-0.1, -0.05) is 31.5 Å². The summed E-state index contributed by atoms with van der Waals surface area (Å²) >= 11 is 0. The van der Waals surface area contributed by atoms with Crippen molar-refractivity contribution in [2.75, 3.05) is 11.9 Å². The molecule has 1 N–H and O–H groups in total. The molecule has 0 saturated carbocycles. The Morgan fingerprint density at radius 1 is 1.05 bits per heavy atom. The first kappa shape index (κ1) is 16.1. The average molecular weight is 297 g/mol. The minimum absolute atomic E-state index is 0.113. The highest BCUT2D eigenvalue weighted by Crippen LogP contribution is 2.15. The van der Waals surface area contributed by atoms with Crippen molar-refractivity contribution < 1.29 is 9.53 Å². The highest BCUT2D eigenvalue weighted by molar-refractivity contribution is 6.04. The van der Waals surface area contributed by atoms with Crippen molar-refractivity contribution in [1.82, 2.24) is 0 Å². The molecule has 0 unspecified atom stereocenters. The molecule has 0 bridgehead atoms. The SMILES string of the molecule is Cc1ccc(NC(=O)c2ccc(OCCC(C)C)cc2)cc1.